The number of hydrogen-bond donors (Lipinski definition) is 1. The first-order valence-electron chi connectivity index (χ1n) is 6.54. The molecule has 0 aliphatic rings. The van der Waals surface area contributed by atoms with Gasteiger partial charge in [0.05, 0.1) is 10.7 Å². The molecule has 0 fully saturated rings. The van der Waals surface area contributed by atoms with Crippen LogP contribution in [0.25, 0.3) is 10.8 Å². The normalized spacial score (nSPS) is 11.1. The van der Waals surface area contributed by atoms with E-state index in [4.69, 9.17) is 0 Å². The van der Waals surface area contributed by atoms with Gasteiger partial charge in [0.1, 0.15) is 5.75 Å². The van der Waals surface area contributed by atoms with E-state index in [1.165, 1.54) is 9.90 Å². The number of phenolic OH excluding ortho intramolecular Hbond substituents is 1. The molecule has 0 amide bonds. The van der Waals surface area contributed by atoms with Crippen LogP contribution in [0.4, 0.5) is 0 Å². The lowest BCUT2D eigenvalue weighted by Gasteiger charge is -2.07. The van der Waals surface area contributed by atoms with E-state index in [0.717, 1.165) is 28.6 Å². The van der Waals surface area contributed by atoms with Gasteiger partial charge in [-0.2, -0.15) is 0 Å². The zero-order valence-electron chi connectivity index (χ0n) is 11.2. The second-order valence-electron chi connectivity index (χ2n) is 4.50. The molecule has 0 saturated carbocycles. The summed E-state index contributed by atoms with van der Waals surface area (Å²) in [7, 11) is 0. The molecule has 1 N–H and O–H groups in total. The standard InChI is InChI=1S/C16H15NOS2/c1-2-16-17-11(10-20-16)9-19-15-8-7-14(18)12-5-3-4-6-13(12)15/h3-8,10,18H,2,9H2,1H3. The first-order chi connectivity index (χ1) is 9.78. The first kappa shape index (κ1) is 13.5. The second-order valence-corrected chi connectivity index (χ2v) is 6.46. The summed E-state index contributed by atoms with van der Waals surface area (Å²) in [6.07, 6.45) is 0.997. The average Bonchev–Trinajstić information content (AvgIpc) is 2.95. The molecular weight excluding hydrogens is 286 g/mol. The monoisotopic (exact) mass is 301 g/mol. The number of aryl methyl sites for hydroxylation is 1. The van der Waals surface area contributed by atoms with Crippen molar-refractivity contribution in [3.63, 3.8) is 0 Å². The molecule has 0 unspecified atom stereocenters. The zero-order valence-corrected chi connectivity index (χ0v) is 12.8. The minimum absolute atomic E-state index is 0.340. The van der Waals surface area contributed by atoms with Crippen LogP contribution in [-0.4, -0.2) is 10.1 Å². The van der Waals surface area contributed by atoms with Crippen molar-refractivity contribution in [1.82, 2.24) is 4.98 Å². The largest absolute Gasteiger partial charge is 0.507 e. The molecule has 20 heavy (non-hydrogen) atoms. The lowest BCUT2D eigenvalue weighted by atomic mass is 10.1. The first-order valence-corrected chi connectivity index (χ1v) is 8.41. The summed E-state index contributed by atoms with van der Waals surface area (Å²) in [5, 5.41) is 15.2. The summed E-state index contributed by atoms with van der Waals surface area (Å²) < 4.78 is 0. The van der Waals surface area contributed by atoms with Gasteiger partial charge in [-0.15, -0.1) is 23.1 Å². The van der Waals surface area contributed by atoms with Crippen LogP contribution < -0.4 is 0 Å². The molecule has 2 aromatic carbocycles. The minimum atomic E-state index is 0.340. The Kier molecular flexibility index (Phi) is 3.94. The highest BCUT2D eigenvalue weighted by molar-refractivity contribution is 7.98. The summed E-state index contributed by atoms with van der Waals surface area (Å²) >= 11 is 3.49. The Morgan fingerprint density at radius 2 is 1.95 bits per heavy atom. The average molecular weight is 301 g/mol. The van der Waals surface area contributed by atoms with Crippen LogP contribution in [0.15, 0.2) is 46.7 Å². The van der Waals surface area contributed by atoms with E-state index in [2.05, 4.69) is 23.4 Å². The van der Waals surface area contributed by atoms with Crippen LogP contribution in [0.1, 0.15) is 17.6 Å². The fourth-order valence-electron chi connectivity index (χ4n) is 2.11. The van der Waals surface area contributed by atoms with Crippen molar-refractivity contribution in [2.24, 2.45) is 0 Å². The molecule has 0 saturated heterocycles. The number of benzene rings is 2. The van der Waals surface area contributed by atoms with Gasteiger partial charge in [-0.1, -0.05) is 31.2 Å². The lowest BCUT2D eigenvalue weighted by molar-refractivity contribution is 0.481. The van der Waals surface area contributed by atoms with Crippen molar-refractivity contribution in [2.45, 2.75) is 24.0 Å². The molecule has 0 radical (unpaired) electrons. The minimum Gasteiger partial charge on any atom is -0.507 e. The van der Waals surface area contributed by atoms with Gasteiger partial charge in [-0.3, -0.25) is 0 Å². The smallest absolute Gasteiger partial charge is 0.123 e. The fourth-order valence-corrected chi connectivity index (χ4v) is 3.91. The van der Waals surface area contributed by atoms with Crippen molar-refractivity contribution >= 4 is 33.9 Å². The molecule has 1 heterocycles. The van der Waals surface area contributed by atoms with Crippen LogP contribution in [0.2, 0.25) is 0 Å². The molecule has 0 aliphatic heterocycles. The molecular formula is C16H15NOS2. The summed E-state index contributed by atoms with van der Waals surface area (Å²) in [5.41, 5.74) is 1.13. The summed E-state index contributed by atoms with van der Waals surface area (Å²) in [6, 6.07) is 11.7. The summed E-state index contributed by atoms with van der Waals surface area (Å²) in [5.74, 6) is 1.21. The van der Waals surface area contributed by atoms with Crippen LogP contribution in [0.3, 0.4) is 0 Å². The number of rotatable bonds is 4. The maximum absolute atomic E-state index is 9.90. The number of aromatic hydroxyl groups is 1. The number of nitrogens with zero attached hydrogens (tertiary/aromatic N) is 1. The van der Waals surface area contributed by atoms with Gasteiger partial charge in [-0.25, -0.2) is 4.98 Å². The Morgan fingerprint density at radius 3 is 2.70 bits per heavy atom. The molecule has 0 spiro atoms. The Bertz CT molecular complexity index is 736. The maximum atomic E-state index is 9.90. The number of phenols is 1. The summed E-state index contributed by atoms with van der Waals surface area (Å²) in [6.45, 7) is 2.13. The van der Waals surface area contributed by atoms with Crippen LogP contribution in [0.5, 0.6) is 5.75 Å². The van der Waals surface area contributed by atoms with Crippen molar-refractivity contribution in [2.75, 3.05) is 0 Å². The molecule has 3 aromatic rings. The van der Waals surface area contributed by atoms with Crippen molar-refractivity contribution in [3.8, 4) is 5.75 Å². The van der Waals surface area contributed by atoms with E-state index in [9.17, 15) is 5.11 Å². The zero-order chi connectivity index (χ0) is 13.9. The Balaban J connectivity index is 1.86. The Hall–Kier alpha value is -1.52. The molecule has 0 bridgehead atoms. The highest BCUT2D eigenvalue weighted by Crippen LogP contribution is 2.34. The van der Waals surface area contributed by atoms with Crippen molar-refractivity contribution in [1.29, 1.82) is 0 Å². The Morgan fingerprint density at radius 1 is 1.15 bits per heavy atom. The Labute approximate surface area is 126 Å². The highest BCUT2D eigenvalue weighted by Gasteiger charge is 2.07. The predicted molar refractivity (Wildman–Crippen MR) is 86.7 cm³/mol. The van der Waals surface area contributed by atoms with E-state index < -0.39 is 0 Å². The van der Waals surface area contributed by atoms with Gasteiger partial charge < -0.3 is 5.11 Å². The topological polar surface area (TPSA) is 33.1 Å². The van der Waals surface area contributed by atoms with Gasteiger partial charge in [0.2, 0.25) is 0 Å². The lowest BCUT2D eigenvalue weighted by Crippen LogP contribution is -1.84. The quantitative estimate of drug-likeness (QED) is 0.699. The predicted octanol–water partition coefficient (Wildman–Crippen LogP) is 4.86. The van der Waals surface area contributed by atoms with Gasteiger partial charge in [0.15, 0.2) is 0 Å². The van der Waals surface area contributed by atoms with Crippen LogP contribution in [0, 0.1) is 0 Å². The number of aromatic nitrogens is 1. The maximum Gasteiger partial charge on any atom is 0.123 e. The van der Waals surface area contributed by atoms with E-state index in [1.807, 2.05) is 24.3 Å². The number of thiazole rings is 1. The van der Waals surface area contributed by atoms with Gasteiger partial charge in [0.25, 0.3) is 0 Å². The second kappa shape index (κ2) is 5.85. The molecule has 2 nitrogen and oxygen atoms in total. The van der Waals surface area contributed by atoms with Crippen molar-refractivity contribution in [3.05, 3.63) is 52.5 Å². The van der Waals surface area contributed by atoms with E-state index >= 15 is 0 Å². The number of thioether (sulfide) groups is 1. The van der Waals surface area contributed by atoms with E-state index in [0.29, 0.717) is 5.75 Å². The summed E-state index contributed by atoms with van der Waals surface area (Å²) in [4.78, 5) is 5.77. The van der Waals surface area contributed by atoms with Crippen LogP contribution >= 0.6 is 23.1 Å². The molecule has 0 atom stereocenters. The van der Waals surface area contributed by atoms with E-state index in [-0.39, 0.29) is 0 Å². The number of fused-ring (bicyclic) bond motifs is 1. The third-order valence-electron chi connectivity index (χ3n) is 3.14. The van der Waals surface area contributed by atoms with Gasteiger partial charge in [0, 0.05) is 21.4 Å². The third-order valence-corrected chi connectivity index (χ3v) is 5.29. The SMILES string of the molecule is CCc1nc(CSc2ccc(O)c3ccccc23)cs1. The van der Waals surface area contributed by atoms with Gasteiger partial charge >= 0.3 is 0 Å². The molecule has 3 rings (SSSR count). The molecule has 0 aliphatic carbocycles. The molecule has 1 aromatic heterocycles. The van der Waals surface area contributed by atoms with Crippen molar-refractivity contribution < 1.29 is 5.11 Å². The fraction of sp³-hybridized carbons (Fsp3) is 0.188. The third kappa shape index (κ3) is 2.67. The molecule has 4 heteroatoms. The van der Waals surface area contributed by atoms with Crippen LogP contribution in [-0.2, 0) is 12.2 Å². The molecule has 102 valence electrons. The van der Waals surface area contributed by atoms with Gasteiger partial charge in [-0.05, 0) is 23.9 Å². The highest BCUT2D eigenvalue weighted by atomic mass is 32.2. The number of hydrogen-bond acceptors (Lipinski definition) is 4. The van der Waals surface area contributed by atoms with E-state index in [1.54, 1.807) is 29.2 Å².